The minimum atomic E-state index is -4.72. The number of hydrogen-bond donors (Lipinski definition) is 2. The number of fused-ring (bicyclic) bond motifs is 1. The summed E-state index contributed by atoms with van der Waals surface area (Å²) in [6.45, 7) is -0.0219. The zero-order chi connectivity index (χ0) is 16.8. The van der Waals surface area contributed by atoms with Crippen molar-refractivity contribution in [1.29, 1.82) is 0 Å². The minimum absolute atomic E-state index is 0.0219. The van der Waals surface area contributed by atoms with E-state index >= 15 is 0 Å². The molecule has 0 radical (unpaired) electrons. The summed E-state index contributed by atoms with van der Waals surface area (Å²) in [7, 11) is 0. The first-order valence-corrected chi connectivity index (χ1v) is 6.85. The van der Waals surface area contributed by atoms with Gasteiger partial charge in [-0.05, 0) is 12.1 Å². The fourth-order valence-electron chi connectivity index (χ4n) is 2.72. The Morgan fingerprint density at radius 2 is 2.00 bits per heavy atom. The fraction of sp³-hybridized carbons (Fsp3) is 0.357. The van der Waals surface area contributed by atoms with Crippen molar-refractivity contribution in [3.63, 3.8) is 0 Å². The van der Waals surface area contributed by atoms with Crippen molar-refractivity contribution >= 4 is 22.6 Å². The highest BCUT2D eigenvalue weighted by atomic mass is 19.4. The number of alkyl halides is 3. The largest absolute Gasteiger partial charge is 0.451 e. The summed E-state index contributed by atoms with van der Waals surface area (Å²) in [5, 5.41) is 10.1. The predicted molar refractivity (Wildman–Crippen MR) is 75.5 cm³/mol. The molecule has 6 nitrogen and oxygen atoms in total. The number of nitrogens with zero attached hydrogens (tertiary/aromatic N) is 3. The zero-order valence-corrected chi connectivity index (χ0v) is 11.8. The van der Waals surface area contributed by atoms with Gasteiger partial charge in [-0.15, -0.1) is 0 Å². The van der Waals surface area contributed by atoms with Crippen LogP contribution >= 0.6 is 0 Å². The van der Waals surface area contributed by atoms with Gasteiger partial charge in [0.2, 0.25) is 11.7 Å². The molecule has 1 aromatic heterocycles. The molecule has 9 heteroatoms. The lowest BCUT2D eigenvalue weighted by Crippen LogP contribution is -2.41. The molecule has 3 rings (SSSR count). The van der Waals surface area contributed by atoms with Gasteiger partial charge in [0.15, 0.2) is 0 Å². The van der Waals surface area contributed by atoms with Crippen LogP contribution in [0.2, 0.25) is 0 Å². The Bertz CT molecular complexity index is 765. The molecule has 1 aliphatic heterocycles. The smallest absolute Gasteiger partial charge is 0.391 e. The summed E-state index contributed by atoms with van der Waals surface area (Å²) in [4.78, 5) is 20.0. The van der Waals surface area contributed by atoms with E-state index in [9.17, 15) is 23.1 Å². The number of anilines is 1. The molecule has 122 valence electrons. The van der Waals surface area contributed by atoms with Gasteiger partial charge < -0.3 is 15.7 Å². The number of primary amides is 1. The van der Waals surface area contributed by atoms with Crippen LogP contribution in [0.4, 0.5) is 19.0 Å². The lowest BCUT2D eigenvalue weighted by atomic mass is 10.1. The topological polar surface area (TPSA) is 92.3 Å². The maximum absolute atomic E-state index is 13.0. The average molecular weight is 326 g/mol. The van der Waals surface area contributed by atoms with E-state index in [2.05, 4.69) is 9.97 Å². The van der Waals surface area contributed by atoms with E-state index in [0.717, 1.165) is 0 Å². The quantitative estimate of drug-likeness (QED) is 0.861. The summed E-state index contributed by atoms with van der Waals surface area (Å²) in [5.41, 5.74) is 5.40. The van der Waals surface area contributed by atoms with E-state index in [-0.39, 0.29) is 24.3 Å². The maximum atomic E-state index is 13.0. The van der Waals surface area contributed by atoms with Crippen LogP contribution in [0.3, 0.4) is 0 Å². The van der Waals surface area contributed by atoms with E-state index in [1.54, 1.807) is 18.2 Å². The van der Waals surface area contributed by atoms with Gasteiger partial charge in [0.1, 0.15) is 11.9 Å². The van der Waals surface area contributed by atoms with Crippen LogP contribution in [0.25, 0.3) is 10.9 Å². The summed E-state index contributed by atoms with van der Waals surface area (Å²) in [5.74, 6) is -2.07. The molecule has 2 atom stereocenters. The van der Waals surface area contributed by atoms with Crippen molar-refractivity contribution in [3.8, 4) is 0 Å². The van der Waals surface area contributed by atoms with Gasteiger partial charge in [0.25, 0.3) is 0 Å². The summed E-state index contributed by atoms with van der Waals surface area (Å²) >= 11 is 0. The zero-order valence-electron chi connectivity index (χ0n) is 11.8. The SMILES string of the molecule is NC(=O)[C@@H]1C[C@H](O)CN1c1nc(C(F)(F)F)nc2ccccc12. The summed E-state index contributed by atoms with van der Waals surface area (Å²) in [6, 6.07) is 5.27. The molecule has 3 N–H and O–H groups in total. The van der Waals surface area contributed by atoms with Crippen molar-refractivity contribution in [2.75, 3.05) is 11.4 Å². The van der Waals surface area contributed by atoms with Crippen LogP contribution < -0.4 is 10.6 Å². The molecular formula is C14H13F3N4O2. The molecule has 2 aromatic rings. The van der Waals surface area contributed by atoms with Gasteiger partial charge in [0.05, 0.1) is 11.6 Å². The van der Waals surface area contributed by atoms with Crippen LogP contribution in [0.15, 0.2) is 24.3 Å². The third-order valence-electron chi connectivity index (χ3n) is 3.72. The third kappa shape index (κ3) is 2.79. The second kappa shape index (κ2) is 5.34. The number of halogens is 3. The Morgan fingerprint density at radius 3 is 2.65 bits per heavy atom. The van der Waals surface area contributed by atoms with Gasteiger partial charge in [-0.25, -0.2) is 9.97 Å². The van der Waals surface area contributed by atoms with Gasteiger partial charge in [0, 0.05) is 18.4 Å². The first kappa shape index (κ1) is 15.5. The van der Waals surface area contributed by atoms with Gasteiger partial charge in [-0.2, -0.15) is 13.2 Å². The summed E-state index contributed by atoms with van der Waals surface area (Å²) in [6.07, 6.45) is -5.54. The fourth-order valence-corrected chi connectivity index (χ4v) is 2.72. The summed E-state index contributed by atoms with van der Waals surface area (Å²) < 4.78 is 39.1. The second-order valence-corrected chi connectivity index (χ2v) is 5.35. The van der Waals surface area contributed by atoms with Crippen LogP contribution in [0.5, 0.6) is 0 Å². The first-order valence-electron chi connectivity index (χ1n) is 6.85. The van der Waals surface area contributed by atoms with Crippen LogP contribution in [0.1, 0.15) is 12.2 Å². The number of aliphatic hydroxyl groups excluding tert-OH is 1. The van der Waals surface area contributed by atoms with Crippen molar-refractivity contribution in [3.05, 3.63) is 30.1 Å². The second-order valence-electron chi connectivity index (χ2n) is 5.35. The number of aliphatic hydroxyl groups is 1. The van der Waals surface area contributed by atoms with Crippen LogP contribution in [0, 0.1) is 0 Å². The Balaban J connectivity index is 2.21. The third-order valence-corrected chi connectivity index (χ3v) is 3.72. The van der Waals surface area contributed by atoms with Gasteiger partial charge in [-0.1, -0.05) is 12.1 Å². The maximum Gasteiger partial charge on any atom is 0.451 e. The molecule has 1 aliphatic rings. The lowest BCUT2D eigenvalue weighted by molar-refractivity contribution is -0.144. The normalized spacial score (nSPS) is 21.8. The molecule has 0 spiro atoms. The van der Waals surface area contributed by atoms with E-state index in [0.29, 0.717) is 5.39 Å². The monoisotopic (exact) mass is 326 g/mol. The number of amides is 1. The lowest BCUT2D eigenvalue weighted by Gasteiger charge is -2.25. The Labute approximate surface area is 128 Å². The molecule has 2 heterocycles. The number of carbonyl (C=O) groups is 1. The van der Waals surface area contributed by atoms with Crippen LogP contribution in [-0.4, -0.2) is 39.7 Å². The van der Waals surface area contributed by atoms with Gasteiger partial charge >= 0.3 is 6.18 Å². The van der Waals surface area contributed by atoms with E-state index in [4.69, 9.17) is 5.73 Å². The predicted octanol–water partition coefficient (Wildman–Crippen LogP) is 1.07. The van der Waals surface area contributed by atoms with Crippen molar-refractivity contribution in [2.45, 2.75) is 24.7 Å². The molecule has 0 aliphatic carbocycles. The van der Waals surface area contributed by atoms with Crippen molar-refractivity contribution in [1.82, 2.24) is 9.97 Å². The van der Waals surface area contributed by atoms with Gasteiger partial charge in [-0.3, -0.25) is 4.79 Å². The van der Waals surface area contributed by atoms with E-state index < -0.39 is 30.1 Å². The molecular weight excluding hydrogens is 313 g/mol. The molecule has 1 amide bonds. The van der Waals surface area contributed by atoms with E-state index in [1.165, 1.54) is 11.0 Å². The minimum Gasteiger partial charge on any atom is -0.391 e. The first-order chi connectivity index (χ1) is 10.8. The number of nitrogens with two attached hydrogens (primary N) is 1. The number of carbonyl (C=O) groups excluding carboxylic acids is 1. The number of para-hydroxylation sites is 1. The highest BCUT2D eigenvalue weighted by molar-refractivity contribution is 5.93. The Hall–Kier alpha value is -2.42. The highest BCUT2D eigenvalue weighted by Gasteiger charge is 2.40. The Kier molecular flexibility index (Phi) is 3.59. The standard InChI is InChI=1S/C14H13F3N4O2/c15-14(16,17)13-19-9-4-2-1-3-8(9)12(20-13)21-6-7(22)5-10(21)11(18)23/h1-4,7,10,22H,5-6H2,(H2,18,23)/t7-,10-/m0/s1. The van der Waals surface area contributed by atoms with Crippen molar-refractivity contribution in [2.24, 2.45) is 5.73 Å². The van der Waals surface area contributed by atoms with Crippen LogP contribution in [-0.2, 0) is 11.0 Å². The molecule has 0 saturated carbocycles. The number of rotatable bonds is 2. The number of benzene rings is 1. The number of aromatic nitrogens is 2. The molecule has 1 fully saturated rings. The average Bonchev–Trinajstić information content (AvgIpc) is 2.87. The Morgan fingerprint density at radius 1 is 1.30 bits per heavy atom. The number of β-amino-alcohol motifs (C(OH)–C–C–N with tert-alkyl or cyclic N) is 1. The molecule has 1 aromatic carbocycles. The molecule has 0 unspecified atom stereocenters. The number of hydrogen-bond acceptors (Lipinski definition) is 5. The van der Waals surface area contributed by atoms with E-state index in [1.807, 2.05) is 0 Å². The highest BCUT2D eigenvalue weighted by Crippen LogP contribution is 2.34. The molecule has 1 saturated heterocycles. The molecule has 0 bridgehead atoms. The molecule has 23 heavy (non-hydrogen) atoms. The van der Waals surface area contributed by atoms with Crippen molar-refractivity contribution < 1.29 is 23.1 Å².